The van der Waals surface area contributed by atoms with Crippen molar-refractivity contribution in [2.45, 2.75) is 78.4 Å². The van der Waals surface area contributed by atoms with Gasteiger partial charge in [-0.15, -0.1) is 0 Å². The molecule has 0 spiro atoms. The van der Waals surface area contributed by atoms with Crippen LogP contribution in [0.2, 0.25) is 0 Å². The molecule has 352 valence electrons. The lowest BCUT2D eigenvalue weighted by molar-refractivity contribution is -0.121. The van der Waals surface area contributed by atoms with Crippen LogP contribution in [0.4, 0.5) is 5.69 Å². The van der Waals surface area contributed by atoms with E-state index in [0.29, 0.717) is 26.1 Å². The fraction of sp³-hybridized carbons (Fsp3) is 0.382. The Hall–Kier alpha value is -5.40. The van der Waals surface area contributed by atoms with E-state index in [1.54, 1.807) is 21.6 Å². The first kappa shape index (κ1) is 48.1. The molecular formula is C55H66N6O4S2. The summed E-state index contributed by atoms with van der Waals surface area (Å²) >= 11 is 0. The van der Waals surface area contributed by atoms with Gasteiger partial charge in [-0.2, -0.15) is 0 Å². The molecule has 4 aliphatic heterocycles. The molecule has 3 saturated heterocycles. The molecule has 2 amide bonds. The van der Waals surface area contributed by atoms with Crippen LogP contribution in [-0.4, -0.2) is 88.7 Å². The Kier molecular flexibility index (Phi) is 14.1. The Morgan fingerprint density at radius 1 is 0.761 bits per heavy atom. The number of carbonyl (C=O) groups excluding carboxylic acids is 2. The Morgan fingerprint density at radius 2 is 1.31 bits per heavy atom. The van der Waals surface area contributed by atoms with Gasteiger partial charge in [-0.05, 0) is 62.3 Å². The van der Waals surface area contributed by atoms with Crippen molar-refractivity contribution in [3.8, 4) is 0 Å². The van der Waals surface area contributed by atoms with Crippen molar-refractivity contribution >= 4 is 73.6 Å². The zero-order valence-corrected chi connectivity index (χ0v) is 41.8. The zero-order valence-electron chi connectivity index (χ0n) is 40.2. The van der Waals surface area contributed by atoms with Gasteiger partial charge < -0.3 is 39.0 Å². The fourth-order valence-corrected chi connectivity index (χ4v) is 12.9. The van der Waals surface area contributed by atoms with Crippen LogP contribution in [0.1, 0.15) is 62.7 Å². The SMILES string of the molecule is C=C/C=C1\C(=C)N2CCOC2(/C=C/c2c(C)n(CC(=O)NCCSSCCNC=O)c3ccccc23)C1(C)C.CCn1c(C)c(/C=C/C23OCCN2c2ccccc2C3(C)C)c2ccccc21. The molecule has 9 rings (SSSR count). The summed E-state index contributed by atoms with van der Waals surface area (Å²) in [6.45, 7) is 29.4. The van der Waals surface area contributed by atoms with E-state index in [9.17, 15) is 9.59 Å². The second-order valence-electron chi connectivity index (χ2n) is 18.5. The minimum absolute atomic E-state index is 0.0149. The molecule has 0 saturated carbocycles. The van der Waals surface area contributed by atoms with Crippen molar-refractivity contribution in [3.05, 3.63) is 150 Å². The lowest BCUT2D eigenvalue weighted by atomic mass is 9.76. The average Bonchev–Trinajstić information content (AvgIpc) is 4.14. The summed E-state index contributed by atoms with van der Waals surface area (Å²) in [7, 11) is 3.37. The first-order valence-electron chi connectivity index (χ1n) is 23.5. The summed E-state index contributed by atoms with van der Waals surface area (Å²) in [5.41, 5.74) is 10.3. The van der Waals surface area contributed by atoms with Crippen LogP contribution in [0.5, 0.6) is 0 Å². The van der Waals surface area contributed by atoms with E-state index < -0.39 is 11.4 Å². The molecule has 3 fully saturated rings. The zero-order chi connectivity index (χ0) is 47.6. The highest BCUT2D eigenvalue weighted by atomic mass is 33.1. The van der Waals surface area contributed by atoms with Gasteiger partial charge in [-0.3, -0.25) is 9.59 Å². The minimum atomic E-state index is -0.634. The van der Waals surface area contributed by atoms with E-state index >= 15 is 0 Å². The topological polar surface area (TPSA) is 93.0 Å². The molecule has 0 aliphatic carbocycles. The van der Waals surface area contributed by atoms with Crippen LogP contribution in [0.15, 0.2) is 122 Å². The molecule has 12 heteroatoms. The largest absolute Gasteiger partial charge is 0.358 e. The number of aromatic nitrogens is 2. The number of hydrogen-bond donors (Lipinski definition) is 2. The van der Waals surface area contributed by atoms with Crippen molar-refractivity contribution in [3.63, 3.8) is 0 Å². The molecule has 4 aliphatic rings. The molecule has 10 nitrogen and oxygen atoms in total. The van der Waals surface area contributed by atoms with E-state index in [4.69, 9.17) is 9.47 Å². The Morgan fingerprint density at radius 3 is 1.94 bits per heavy atom. The molecule has 0 radical (unpaired) electrons. The lowest BCUT2D eigenvalue weighted by Gasteiger charge is -2.39. The first-order chi connectivity index (χ1) is 32.3. The van der Waals surface area contributed by atoms with E-state index in [2.05, 4.69) is 176 Å². The van der Waals surface area contributed by atoms with Crippen LogP contribution >= 0.6 is 21.6 Å². The number of anilines is 1. The maximum Gasteiger partial charge on any atom is 0.239 e. The number of carbonyl (C=O) groups is 2. The van der Waals surface area contributed by atoms with Gasteiger partial charge in [0.2, 0.25) is 12.3 Å². The highest BCUT2D eigenvalue weighted by molar-refractivity contribution is 8.76. The summed E-state index contributed by atoms with van der Waals surface area (Å²) in [5.74, 6) is 1.63. The third-order valence-corrected chi connectivity index (χ3v) is 16.9. The van der Waals surface area contributed by atoms with Gasteiger partial charge in [0.15, 0.2) is 11.4 Å². The molecule has 3 aromatic carbocycles. The number of para-hydroxylation sites is 3. The molecule has 0 bridgehead atoms. The van der Waals surface area contributed by atoms with Crippen molar-refractivity contribution in [2.75, 3.05) is 55.8 Å². The van der Waals surface area contributed by atoms with Crippen molar-refractivity contribution < 1.29 is 19.1 Å². The number of benzene rings is 3. The minimum Gasteiger partial charge on any atom is -0.358 e. The Balaban J connectivity index is 0.000000191. The third-order valence-electron chi connectivity index (χ3n) is 14.5. The third kappa shape index (κ3) is 8.27. The normalized spacial score (nSPS) is 21.9. The summed E-state index contributed by atoms with van der Waals surface area (Å²) in [6, 6.07) is 25.7. The summed E-state index contributed by atoms with van der Waals surface area (Å²) in [4.78, 5) is 27.9. The van der Waals surface area contributed by atoms with Crippen molar-refractivity contribution in [1.82, 2.24) is 24.7 Å². The smallest absolute Gasteiger partial charge is 0.239 e. The quantitative estimate of drug-likeness (QED) is 0.0574. The number of amides is 2. The van der Waals surface area contributed by atoms with E-state index in [-0.39, 0.29) is 23.3 Å². The number of aryl methyl sites for hydroxylation is 1. The van der Waals surface area contributed by atoms with Gasteiger partial charge in [-0.1, -0.05) is 141 Å². The molecule has 6 heterocycles. The fourth-order valence-electron chi connectivity index (χ4n) is 11.0. The molecule has 2 atom stereocenters. The lowest BCUT2D eigenvalue weighted by Crippen LogP contribution is -2.51. The molecule has 2 unspecified atom stereocenters. The van der Waals surface area contributed by atoms with Crippen LogP contribution in [0.3, 0.4) is 0 Å². The standard InChI is InChI=1S/C30H38N4O3S2.C25H28N2O/c1-6-9-26-23(3)34-16-17-37-30(34,29(26,4)5)13-12-24-22(2)33(27-11-8-7-10-25(24)27)20-28(36)32-15-19-39-38-18-14-31-21-35;1-5-26-18(2)19(20-10-6-8-12-22(20)26)14-15-25-24(3,4)21-11-7-9-13-23(21)27(25)16-17-28-25/h6-13,21H,1,3,14-20H2,2,4-5H3,(H,31,35)(H,32,36);6-15H,5,16-17H2,1-4H3/b13-12+,26-9+;15-14+. The van der Waals surface area contributed by atoms with Crippen LogP contribution in [0, 0.1) is 19.3 Å². The van der Waals surface area contributed by atoms with Gasteiger partial charge in [-0.25, -0.2) is 0 Å². The highest BCUT2D eigenvalue weighted by Gasteiger charge is 2.61. The molecular weight excluding hydrogens is 873 g/mol. The maximum atomic E-state index is 12.9. The van der Waals surface area contributed by atoms with Crippen molar-refractivity contribution in [1.29, 1.82) is 0 Å². The predicted molar refractivity (Wildman–Crippen MR) is 281 cm³/mol. The van der Waals surface area contributed by atoms with E-state index in [0.717, 1.165) is 71.2 Å². The van der Waals surface area contributed by atoms with Crippen LogP contribution in [-0.2, 0) is 37.6 Å². The number of fused-ring (bicyclic) bond motifs is 6. The van der Waals surface area contributed by atoms with E-state index in [1.807, 2.05) is 24.3 Å². The first-order valence-corrected chi connectivity index (χ1v) is 26.0. The van der Waals surface area contributed by atoms with Crippen molar-refractivity contribution in [2.24, 2.45) is 5.41 Å². The second-order valence-corrected chi connectivity index (χ2v) is 21.2. The van der Waals surface area contributed by atoms with Crippen LogP contribution in [0.25, 0.3) is 34.0 Å². The molecule has 67 heavy (non-hydrogen) atoms. The number of nitrogens with one attached hydrogen (secondary N) is 2. The van der Waals surface area contributed by atoms with E-state index in [1.165, 1.54) is 33.4 Å². The average molecular weight is 939 g/mol. The highest BCUT2D eigenvalue weighted by Crippen LogP contribution is 2.57. The number of rotatable bonds is 16. The summed E-state index contributed by atoms with van der Waals surface area (Å²) in [5, 5.41) is 8.10. The summed E-state index contributed by atoms with van der Waals surface area (Å²) < 4.78 is 17.5. The monoisotopic (exact) mass is 938 g/mol. The van der Waals surface area contributed by atoms with Gasteiger partial charge in [0, 0.05) is 111 Å². The second kappa shape index (κ2) is 19.7. The number of allylic oxidation sites excluding steroid dienone is 3. The molecule has 5 aromatic rings. The molecule has 2 aromatic heterocycles. The number of hydrogen-bond acceptors (Lipinski definition) is 8. The van der Waals surface area contributed by atoms with Gasteiger partial charge in [0.05, 0.1) is 13.2 Å². The van der Waals surface area contributed by atoms with Gasteiger partial charge >= 0.3 is 0 Å². The number of ether oxygens (including phenoxy) is 2. The molecule has 2 N–H and O–H groups in total. The van der Waals surface area contributed by atoms with Gasteiger partial charge in [0.25, 0.3) is 0 Å². The predicted octanol–water partition coefficient (Wildman–Crippen LogP) is 10.4. The maximum absolute atomic E-state index is 12.9. The van der Waals surface area contributed by atoms with Gasteiger partial charge in [0.1, 0.15) is 6.54 Å². The Labute approximate surface area is 404 Å². The number of nitrogens with zero attached hydrogens (tertiary/aromatic N) is 4. The Bertz CT molecular complexity index is 2780. The summed E-state index contributed by atoms with van der Waals surface area (Å²) in [6.07, 6.45) is 13.5. The van der Waals surface area contributed by atoms with Crippen LogP contribution < -0.4 is 15.5 Å².